The number of fused-ring (bicyclic) bond motifs is 2. The molecule has 2 aliphatic heterocycles. The Morgan fingerprint density at radius 2 is 2.25 bits per heavy atom. The standard InChI is InChI=1S/C8H14O4/c1-7-3-8(4-9,5-12-7)11-2-6(7)10/h6,9-10H,2-5H2,1H3. The van der Waals surface area contributed by atoms with Gasteiger partial charge in [-0.2, -0.15) is 0 Å². The van der Waals surface area contributed by atoms with Crippen molar-refractivity contribution in [3.63, 3.8) is 0 Å². The molecule has 0 aliphatic carbocycles. The minimum atomic E-state index is -0.570. The summed E-state index contributed by atoms with van der Waals surface area (Å²) in [5.41, 5.74) is -1.06. The fraction of sp³-hybridized carbons (Fsp3) is 1.00. The Morgan fingerprint density at radius 1 is 1.50 bits per heavy atom. The minimum absolute atomic E-state index is 0.0324. The number of hydrogen-bond donors (Lipinski definition) is 2. The molecule has 3 unspecified atom stereocenters. The van der Waals surface area contributed by atoms with Crippen molar-refractivity contribution in [2.75, 3.05) is 19.8 Å². The van der Waals surface area contributed by atoms with Gasteiger partial charge in [-0.3, -0.25) is 0 Å². The van der Waals surface area contributed by atoms with Gasteiger partial charge in [-0.15, -0.1) is 0 Å². The van der Waals surface area contributed by atoms with Gasteiger partial charge in [0.05, 0.1) is 25.4 Å². The van der Waals surface area contributed by atoms with E-state index in [1.165, 1.54) is 0 Å². The molecule has 0 saturated carbocycles. The van der Waals surface area contributed by atoms with Gasteiger partial charge in [0.1, 0.15) is 11.7 Å². The summed E-state index contributed by atoms with van der Waals surface area (Å²) in [4.78, 5) is 0. The van der Waals surface area contributed by atoms with Gasteiger partial charge in [-0.1, -0.05) is 0 Å². The second-order valence-corrected chi connectivity index (χ2v) is 3.95. The first kappa shape index (κ1) is 8.44. The van der Waals surface area contributed by atoms with E-state index >= 15 is 0 Å². The average molecular weight is 174 g/mol. The van der Waals surface area contributed by atoms with Gasteiger partial charge >= 0.3 is 0 Å². The van der Waals surface area contributed by atoms with Crippen LogP contribution >= 0.6 is 0 Å². The summed E-state index contributed by atoms with van der Waals surface area (Å²) in [6.45, 7) is 2.47. The molecule has 2 N–H and O–H groups in total. The van der Waals surface area contributed by atoms with Gasteiger partial charge in [0, 0.05) is 6.42 Å². The molecule has 4 nitrogen and oxygen atoms in total. The zero-order chi connectivity index (χ0) is 8.82. The van der Waals surface area contributed by atoms with Crippen LogP contribution in [0, 0.1) is 0 Å². The lowest BCUT2D eigenvalue weighted by Gasteiger charge is -2.37. The molecule has 3 atom stereocenters. The minimum Gasteiger partial charge on any atom is -0.393 e. The van der Waals surface area contributed by atoms with Gasteiger partial charge in [-0.25, -0.2) is 0 Å². The summed E-state index contributed by atoms with van der Waals surface area (Å²) in [7, 11) is 0. The van der Waals surface area contributed by atoms with Crippen molar-refractivity contribution in [1.29, 1.82) is 0 Å². The van der Waals surface area contributed by atoms with Crippen molar-refractivity contribution in [2.45, 2.75) is 30.7 Å². The molecule has 0 radical (unpaired) electrons. The highest BCUT2D eigenvalue weighted by atomic mass is 16.6. The maximum Gasteiger partial charge on any atom is 0.117 e. The van der Waals surface area contributed by atoms with E-state index in [0.29, 0.717) is 13.0 Å². The van der Waals surface area contributed by atoms with E-state index in [4.69, 9.17) is 14.6 Å². The highest BCUT2D eigenvalue weighted by molar-refractivity contribution is 5.03. The third kappa shape index (κ3) is 0.992. The first-order valence-corrected chi connectivity index (χ1v) is 4.17. The topological polar surface area (TPSA) is 58.9 Å². The smallest absolute Gasteiger partial charge is 0.117 e. The molecule has 12 heavy (non-hydrogen) atoms. The summed E-state index contributed by atoms with van der Waals surface area (Å²) in [5.74, 6) is 0. The van der Waals surface area contributed by atoms with Crippen LogP contribution in [0.4, 0.5) is 0 Å². The normalized spacial score (nSPS) is 52.8. The average Bonchev–Trinajstić information content (AvgIpc) is 2.36. The third-order valence-corrected chi connectivity index (χ3v) is 2.88. The quantitative estimate of drug-likeness (QED) is 0.551. The highest BCUT2D eigenvalue weighted by Gasteiger charge is 2.55. The van der Waals surface area contributed by atoms with Crippen molar-refractivity contribution < 1.29 is 19.7 Å². The maximum atomic E-state index is 9.53. The summed E-state index contributed by atoms with van der Waals surface area (Å²) < 4.78 is 10.8. The molecule has 0 aromatic heterocycles. The van der Waals surface area contributed by atoms with Crippen molar-refractivity contribution >= 4 is 0 Å². The molecular formula is C8H14O4. The van der Waals surface area contributed by atoms with Crippen LogP contribution in [0.5, 0.6) is 0 Å². The maximum absolute atomic E-state index is 9.53. The van der Waals surface area contributed by atoms with Crippen LogP contribution in [0.3, 0.4) is 0 Å². The molecular weight excluding hydrogens is 160 g/mol. The predicted octanol–water partition coefficient (Wildman–Crippen LogP) is -0.712. The molecule has 0 amide bonds. The second-order valence-electron chi connectivity index (χ2n) is 3.95. The van der Waals surface area contributed by atoms with E-state index in [-0.39, 0.29) is 13.2 Å². The Balaban J connectivity index is 2.20. The summed E-state index contributed by atoms with van der Waals surface area (Å²) >= 11 is 0. The predicted molar refractivity (Wildman–Crippen MR) is 40.7 cm³/mol. The van der Waals surface area contributed by atoms with E-state index in [1.54, 1.807) is 0 Å². The van der Waals surface area contributed by atoms with Crippen LogP contribution in [-0.4, -0.2) is 47.3 Å². The van der Waals surface area contributed by atoms with Crippen molar-refractivity contribution in [1.82, 2.24) is 0 Å². The molecule has 2 saturated heterocycles. The lowest BCUT2D eigenvalue weighted by Crippen LogP contribution is -2.51. The van der Waals surface area contributed by atoms with Gasteiger partial charge < -0.3 is 19.7 Å². The molecule has 2 fully saturated rings. The van der Waals surface area contributed by atoms with Gasteiger partial charge in [0.15, 0.2) is 0 Å². The number of ether oxygens (including phenoxy) is 2. The number of aliphatic hydroxyl groups excluding tert-OH is 2. The first-order valence-electron chi connectivity index (χ1n) is 4.17. The Morgan fingerprint density at radius 3 is 2.92 bits per heavy atom. The fourth-order valence-electron chi connectivity index (χ4n) is 1.92. The Hall–Kier alpha value is -0.160. The lowest BCUT2D eigenvalue weighted by atomic mass is 9.86. The summed E-state index contributed by atoms with van der Waals surface area (Å²) in [5, 5.41) is 18.6. The molecule has 2 rings (SSSR count). The van der Waals surface area contributed by atoms with Crippen molar-refractivity contribution in [3.05, 3.63) is 0 Å². The molecule has 2 bridgehead atoms. The van der Waals surface area contributed by atoms with E-state index in [1.807, 2.05) is 6.92 Å². The van der Waals surface area contributed by atoms with Crippen molar-refractivity contribution in [3.8, 4) is 0 Å². The fourth-order valence-corrected chi connectivity index (χ4v) is 1.92. The monoisotopic (exact) mass is 174 g/mol. The van der Waals surface area contributed by atoms with E-state index in [9.17, 15) is 5.11 Å². The lowest BCUT2D eigenvalue weighted by molar-refractivity contribution is -0.149. The molecule has 2 heterocycles. The zero-order valence-electron chi connectivity index (χ0n) is 7.12. The molecule has 2 aliphatic rings. The molecule has 70 valence electrons. The zero-order valence-corrected chi connectivity index (χ0v) is 7.12. The van der Waals surface area contributed by atoms with Crippen LogP contribution in [-0.2, 0) is 9.47 Å². The van der Waals surface area contributed by atoms with E-state index in [0.717, 1.165) is 0 Å². The number of hydrogen-bond acceptors (Lipinski definition) is 4. The SMILES string of the molecule is CC12CC(CO)(CO1)OCC2O. The molecule has 0 spiro atoms. The van der Waals surface area contributed by atoms with Crippen molar-refractivity contribution in [2.24, 2.45) is 0 Å². The van der Waals surface area contributed by atoms with Crippen LogP contribution in [0.2, 0.25) is 0 Å². The largest absolute Gasteiger partial charge is 0.393 e. The van der Waals surface area contributed by atoms with Crippen LogP contribution in [0.1, 0.15) is 13.3 Å². The number of aliphatic hydroxyl groups is 2. The summed E-state index contributed by atoms with van der Waals surface area (Å²) in [6.07, 6.45) is 0.0113. The summed E-state index contributed by atoms with van der Waals surface area (Å²) in [6, 6.07) is 0. The molecule has 0 aromatic rings. The first-order chi connectivity index (χ1) is 5.60. The van der Waals surface area contributed by atoms with E-state index in [2.05, 4.69) is 0 Å². The highest BCUT2D eigenvalue weighted by Crippen LogP contribution is 2.41. The van der Waals surface area contributed by atoms with Crippen LogP contribution < -0.4 is 0 Å². The third-order valence-electron chi connectivity index (χ3n) is 2.88. The van der Waals surface area contributed by atoms with Gasteiger partial charge in [-0.05, 0) is 6.92 Å². The van der Waals surface area contributed by atoms with Gasteiger partial charge in [0.2, 0.25) is 0 Å². The Labute approximate surface area is 71.1 Å². The molecule has 0 aromatic carbocycles. The Bertz CT molecular complexity index is 187. The Kier molecular flexibility index (Phi) is 1.70. The van der Waals surface area contributed by atoms with Crippen LogP contribution in [0.15, 0.2) is 0 Å². The molecule has 4 heteroatoms. The van der Waals surface area contributed by atoms with Crippen LogP contribution in [0.25, 0.3) is 0 Å². The number of rotatable bonds is 1. The van der Waals surface area contributed by atoms with E-state index < -0.39 is 17.3 Å². The van der Waals surface area contributed by atoms with Gasteiger partial charge in [0.25, 0.3) is 0 Å². The second kappa shape index (κ2) is 2.42.